The second kappa shape index (κ2) is 5.97. The Labute approximate surface area is 145 Å². The van der Waals surface area contributed by atoms with Crippen LogP contribution < -0.4 is 4.90 Å². The minimum atomic E-state index is -0.394. The zero-order valence-corrected chi connectivity index (χ0v) is 13.8. The minimum Gasteiger partial charge on any atom is -0.381 e. The molecule has 2 aromatic rings. The normalized spacial score (nSPS) is 18.9. The van der Waals surface area contributed by atoms with E-state index in [-0.39, 0.29) is 11.1 Å². The number of nitrogens with zero attached hydrogens (tertiary/aromatic N) is 2. The van der Waals surface area contributed by atoms with Gasteiger partial charge in [0.05, 0.1) is 10.3 Å². The van der Waals surface area contributed by atoms with Crippen LogP contribution in [0.15, 0.2) is 48.5 Å². The second-order valence-corrected chi connectivity index (χ2v) is 6.56. The van der Waals surface area contributed by atoms with Crippen LogP contribution in [-0.4, -0.2) is 24.0 Å². The summed E-state index contributed by atoms with van der Waals surface area (Å²) in [5.74, 6) is 0.509. The fourth-order valence-electron chi connectivity index (χ4n) is 3.98. The Bertz CT molecular complexity index is 843. The van der Waals surface area contributed by atoms with Crippen molar-refractivity contribution < 1.29 is 9.66 Å². The van der Waals surface area contributed by atoms with Gasteiger partial charge in [0, 0.05) is 37.6 Å². The molecule has 0 bridgehead atoms. The molecule has 4 rings (SSSR count). The first-order chi connectivity index (χ1) is 12.1. The molecule has 0 amide bonds. The number of ether oxygens (including phenoxy) is 1. The van der Waals surface area contributed by atoms with Gasteiger partial charge in [0.1, 0.15) is 5.84 Å². The van der Waals surface area contributed by atoms with Gasteiger partial charge in [-0.3, -0.25) is 15.5 Å². The molecule has 6 nitrogen and oxygen atoms in total. The topological polar surface area (TPSA) is 79.5 Å². The third-order valence-electron chi connectivity index (χ3n) is 5.28. The Morgan fingerprint density at radius 2 is 1.88 bits per heavy atom. The summed E-state index contributed by atoms with van der Waals surface area (Å²) in [6.07, 6.45) is 1.52. The van der Waals surface area contributed by atoms with Gasteiger partial charge >= 0.3 is 0 Å². The summed E-state index contributed by atoms with van der Waals surface area (Å²) in [5.41, 5.74) is 2.74. The van der Waals surface area contributed by atoms with Gasteiger partial charge < -0.3 is 9.64 Å². The van der Waals surface area contributed by atoms with Gasteiger partial charge in [-0.05, 0) is 30.0 Å². The molecule has 1 spiro atoms. The van der Waals surface area contributed by atoms with Gasteiger partial charge in [0.15, 0.2) is 0 Å². The Morgan fingerprint density at radius 1 is 1.12 bits per heavy atom. The van der Waals surface area contributed by atoms with Crippen LogP contribution >= 0.6 is 0 Å². The first kappa shape index (κ1) is 15.8. The standard InChI is InChI=1S/C19H19N3O3/c20-18-19(8-10-25-11-9-19)17-7-2-1-4-14(17)13-21(18)15-5-3-6-16(12-15)22(23)24/h1-7,12,20H,8-11,13H2. The molecule has 0 unspecified atom stereocenters. The summed E-state index contributed by atoms with van der Waals surface area (Å²) in [5, 5.41) is 20.1. The van der Waals surface area contributed by atoms with E-state index in [1.165, 1.54) is 17.2 Å². The lowest BCUT2D eigenvalue weighted by atomic mass is 9.69. The van der Waals surface area contributed by atoms with Crippen molar-refractivity contribution in [3.8, 4) is 0 Å². The fourth-order valence-corrected chi connectivity index (χ4v) is 3.98. The van der Waals surface area contributed by atoms with Crippen molar-refractivity contribution in [2.24, 2.45) is 0 Å². The highest BCUT2D eigenvalue weighted by atomic mass is 16.6. The average molecular weight is 337 g/mol. The van der Waals surface area contributed by atoms with E-state index in [0.29, 0.717) is 31.3 Å². The lowest BCUT2D eigenvalue weighted by Gasteiger charge is -2.47. The highest BCUT2D eigenvalue weighted by Gasteiger charge is 2.45. The second-order valence-electron chi connectivity index (χ2n) is 6.56. The van der Waals surface area contributed by atoms with Gasteiger partial charge in [-0.15, -0.1) is 0 Å². The first-order valence-corrected chi connectivity index (χ1v) is 8.39. The zero-order chi connectivity index (χ0) is 17.4. The average Bonchev–Trinajstić information content (AvgIpc) is 2.66. The molecule has 0 radical (unpaired) electrons. The van der Waals surface area contributed by atoms with E-state index in [1.807, 2.05) is 23.1 Å². The Balaban J connectivity index is 1.82. The van der Waals surface area contributed by atoms with Crippen LogP contribution in [0.3, 0.4) is 0 Å². The summed E-state index contributed by atoms with van der Waals surface area (Å²) < 4.78 is 5.55. The van der Waals surface area contributed by atoms with Crippen molar-refractivity contribution >= 4 is 17.2 Å². The molecule has 2 heterocycles. The largest absolute Gasteiger partial charge is 0.381 e. The van der Waals surface area contributed by atoms with Crippen molar-refractivity contribution in [1.29, 1.82) is 5.41 Å². The molecular weight excluding hydrogens is 318 g/mol. The van der Waals surface area contributed by atoms with Crippen LogP contribution in [0, 0.1) is 15.5 Å². The van der Waals surface area contributed by atoms with Crippen molar-refractivity contribution in [2.45, 2.75) is 24.8 Å². The molecule has 1 saturated heterocycles. The molecule has 2 aromatic carbocycles. The van der Waals surface area contributed by atoms with Gasteiger partial charge in [-0.1, -0.05) is 30.3 Å². The molecule has 1 N–H and O–H groups in total. The number of hydrogen-bond donors (Lipinski definition) is 1. The molecule has 0 aliphatic carbocycles. The summed E-state index contributed by atoms with van der Waals surface area (Å²) in [4.78, 5) is 12.6. The number of fused-ring (bicyclic) bond motifs is 2. The number of non-ortho nitro benzene ring substituents is 1. The summed E-state index contributed by atoms with van der Waals surface area (Å²) in [6, 6.07) is 14.8. The Hall–Kier alpha value is -2.73. The van der Waals surface area contributed by atoms with E-state index >= 15 is 0 Å². The molecule has 0 aromatic heterocycles. The number of benzene rings is 2. The van der Waals surface area contributed by atoms with Gasteiger partial charge in [-0.2, -0.15) is 0 Å². The predicted molar refractivity (Wildman–Crippen MR) is 95.2 cm³/mol. The van der Waals surface area contributed by atoms with E-state index in [2.05, 4.69) is 12.1 Å². The highest BCUT2D eigenvalue weighted by Crippen LogP contribution is 2.44. The van der Waals surface area contributed by atoms with Gasteiger partial charge in [0.25, 0.3) is 5.69 Å². The summed E-state index contributed by atoms with van der Waals surface area (Å²) >= 11 is 0. The SMILES string of the molecule is N=C1N(c2cccc([N+](=O)[O-])c2)Cc2ccccc2C12CCOCC2. The number of hydrogen-bond acceptors (Lipinski definition) is 4. The molecule has 25 heavy (non-hydrogen) atoms. The highest BCUT2D eigenvalue weighted by molar-refractivity contribution is 6.05. The summed E-state index contributed by atoms with van der Waals surface area (Å²) in [7, 11) is 0. The zero-order valence-electron chi connectivity index (χ0n) is 13.8. The number of anilines is 1. The van der Waals surface area contributed by atoms with E-state index in [0.717, 1.165) is 12.8 Å². The molecule has 1 fully saturated rings. The number of nitro benzene ring substituents is 1. The molecule has 0 atom stereocenters. The third-order valence-corrected chi connectivity index (χ3v) is 5.28. The van der Waals surface area contributed by atoms with E-state index in [9.17, 15) is 10.1 Å². The number of nitro groups is 1. The van der Waals surface area contributed by atoms with Crippen LogP contribution in [0.5, 0.6) is 0 Å². The maximum absolute atomic E-state index is 11.1. The van der Waals surface area contributed by atoms with Crippen LogP contribution in [-0.2, 0) is 16.7 Å². The Morgan fingerprint density at radius 3 is 2.64 bits per heavy atom. The van der Waals surface area contributed by atoms with Crippen molar-refractivity contribution in [1.82, 2.24) is 0 Å². The maximum atomic E-state index is 11.1. The van der Waals surface area contributed by atoms with Crippen molar-refractivity contribution in [2.75, 3.05) is 18.1 Å². The first-order valence-electron chi connectivity index (χ1n) is 8.39. The monoisotopic (exact) mass is 337 g/mol. The van der Waals surface area contributed by atoms with Crippen LogP contribution in [0.25, 0.3) is 0 Å². The lowest BCUT2D eigenvalue weighted by Crippen LogP contribution is -2.53. The summed E-state index contributed by atoms with van der Waals surface area (Å²) in [6.45, 7) is 1.80. The van der Waals surface area contributed by atoms with Gasteiger partial charge in [0.2, 0.25) is 0 Å². The molecule has 0 saturated carbocycles. The molecule has 6 heteroatoms. The number of amidine groups is 1. The molecular formula is C19H19N3O3. The van der Waals surface area contributed by atoms with E-state index in [1.54, 1.807) is 12.1 Å². The molecule has 2 aliphatic rings. The number of nitrogens with one attached hydrogen (secondary N) is 1. The van der Waals surface area contributed by atoms with Crippen LogP contribution in [0.1, 0.15) is 24.0 Å². The van der Waals surface area contributed by atoms with E-state index in [4.69, 9.17) is 10.1 Å². The number of rotatable bonds is 2. The minimum absolute atomic E-state index is 0.0465. The fraction of sp³-hybridized carbons (Fsp3) is 0.316. The third kappa shape index (κ3) is 2.49. The van der Waals surface area contributed by atoms with E-state index < -0.39 is 4.92 Å². The van der Waals surface area contributed by atoms with Gasteiger partial charge in [-0.25, -0.2) is 0 Å². The lowest BCUT2D eigenvalue weighted by molar-refractivity contribution is -0.384. The van der Waals surface area contributed by atoms with Crippen LogP contribution in [0.4, 0.5) is 11.4 Å². The smallest absolute Gasteiger partial charge is 0.271 e. The molecule has 2 aliphatic heterocycles. The quantitative estimate of drug-likeness (QED) is 0.670. The molecule has 128 valence electrons. The maximum Gasteiger partial charge on any atom is 0.271 e. The van der Waals surface area contributed by atoms with Crippen molar-refractivity contribution in [3.05, 3.63) is 69.8 Å². The van der Waals surface area contributed by atoms with Crippen LogP contribution in [0.2, 0.25) is 0 Å². The predicted octanol–water partition coefficient (Wildman–Crippen LogP) is 3.64. The Kier molecular flexibility index (Phi) is 3.77. The van der Waals surface area contributed by atoms with Crippen molar-refractivity contribution in [3.63, 3.8) is 0 Å².